The zero-order valence-electron chi connectivity index (χ0n) is 17.3. The summed E-state index contributed by atoms with van der Waals surface area (Å²) < 4.78 is 5.03. The Hall–Kier alpha value is -4.45. The van der Waals surface area contributed by atoms with Crippen LogP contribution in [0, 0.1) is 5.53 Å². The van der Waals surface area contributed by atoms with E-state index in [-0.39, 0.29) is 23.6 Å². The van der Waals surface area contributed by atoms with Gasteiger partial charge in [-0.15, -0.1) is 0 Å². The monoisotopic (exact) mass is 456 g/mol. The largest absolute Gasteiger partial charge is 0.481 e. The quantitative estimate of drug-likeness (QED) is 0.144. The molecule has 1 unspecified atom stereocenters. The summed E-state index contributed by atoms with van der Waals surface area (Å²) in [6.07, 6.45) is -1.65. The maximum absolute atomic E-state index is 12.6. The average molecular weight is 456 g/mol. The van der Waals surface area contributed by atoms with Crippen LogP contribution in [0.4, 0.5) is 4.79 Å². The second-order valence-electron chi connectivity index (χ2n) is 6.67. The van der Waals surface area contributed by atoms with Gasteiger partial charge in [-0.1, -0.05) is 47.6 Å². The van der Waals surface area contributed by atoms with E-state index in [1.54, 1.807) is 36.4 Å². The van der Waals surface area contributed by atoms with Gasteiger partial charge < -0.3 is 20.3 Å². The molecule has 0 saturated heterocycles. The molecule has 1 atom stereocenters. The summed E-state index contributed by atoms with van der Waals surface area (Å²) in [6.45, 7) is -0.472. The molecule has 0 aliphatic carbocycles. The number of nitrogens with two attached hydrogens (primary N) is 1. The zero-order chi connectivity index (χ0) is 24.2. The minimum Gasteiger partial charge on any atom is -0.481 e. The Bertz CT molecular complexity index is 1060. The van der Waals surface area contributed by atoms with Crippen LogP contribution in [0.25, 0.3) is 0 Å². The Kier molecular flexibility index (Phi) is 9.34. The number of benzene rings is 2. The van der Waals surface area contributed by atoms with E-state index in [9.17, 15) is 24.3 Å². The lowest BCUT2D eigenvalue weighted by molar-refractivity contribution is -0.526. The molecule has 0 aliphatic rings. The SMILES string of the molecule is N=NN=C([NH2+]CC(=O)C(CC(=O)O)NC(=O)OCc1ccccc1)c1ccccc1C(=O)O. The van der Waals surface area contributed by atoms with E-state index in [2.05, 4.69) is 15.6 Å². The Morgan fingerprint density at radius 1 is 1.00 bits per heavy atom. The highest BCUT2D eigenvalue weighted by Crippen LogP contribution is 2.08. The lowest BCUT2D eigenvalue weighted by Crippen LogP contribution is -2.90. The highest BCUT2D eigenvalue weighted by molar-refractivity contribution is 6.03. The van der Waals surface area contributed by atoms with Gasteiger partial charge in [-0.05, 0) is 22.9 Å². The summed E-state index contributed by atoms with van der Waals surface area (Å²) in [5, 5.41) is 28.4. The summed E-state index contributed by atoms with van der Waals surface area (Å²) in [6, 6.07) is 13.2. The number of alkyl carbamates (subject to hydrolysis) is 1. The van der Waals surface area contributed by atoms with Crippen molar-refractivity contribution in [2.24, 2.45) is 10.3 Å². The lowest BCUT2D eigenvalue weighted by Gasteiger charge is -2.15. The third-order valence-corrected chi connectivity index (χ3v) is 4.36. The number of nitrogens with zero attached hydrogens (tertiary/aromatic N) is 2. The second-order valence-corrected chi connectivity index (χ2v) is 6.67. The molecule has 0 radical (unpaired) electrons. The van der Waals surface area contributed by atoms with Crippen LogP contribution in [0.1, 0.15) is 27.9 Å². The van der Waals surface area contributed by atoms with Crippen molar-refractivity contribution >= 4 is 29.7 Å². The number of rotatable bonds is 11. The fourth-order valence-corrected chi connectivity index (χ4v) is 2.82. The fourth-order valence-electron chi connectivity index (χ4n) is 2.82. The van der Waals surface area contributed by atoms with E-state index in [1.807, 2.05) is 0 Å². The van der Waals surface area contributed by atoms with Crippen molar-refractivity contribution in [3.8, 4) is 0 Å². The summed E-state index contributed by atoms with van der Waals surface area (Å²) in [7, 11) is 0. The van der Waals surface area contributed by atoms with Crippen LogP contribution >= 0.6 is 0 Å². The molecule has 2 aromatic carbocycles. The molecule has 0 heterocycles. The van der Waals surface area contributed by atoms with Crippen molar-refractivity contribution in [2.45, 2.75) is 19.1 Å². The molecular weight excluding hydrogens is 434 g/mol. The number of hydrogen-bond acceptors (Lipinski definition) is 7. The van der Waals surface area contributed by atoms with Gasteiger partial charge >= 0.3 is 18.0 Å². The molecule has 2 aromatic rings. The van der Waals surface area contributed by atoms with Gasteiger partial charge in [-0.25, -0.2) is 9.59 Å². The number of quaternary nitrogens is 1. The lowest BCUT2D eigenvalue weighted by atomic mass is 10.1. The third kappa shape index (κ3) is 7.95. The van der Waals surface area contributed by atoms with E-state index in [1.165, 1.54) is 23.5 Å². The summed E-state index contributed by atoms with van der Waals surface area (Å²) in [4.78, 5) is 47.3. The van der Waals surface area contributed by atoms with Gasteiger partial charge in [0, 0.05) is 0 Å². The van der Waals surface area contributed by atoms with Crippen molar-refractivity contribution in [1.29, 1.82) is 5.53 Å². The van der Waals surface area contributed by atoms with E-state index in [4.69, 9.17) is 15.4 Å². The number of carboxylic acids is 2. The van der Waals surface area contributed by atoms with Gasteiger partial charge in [0.15, 0.2) is 0 Å². The Labute approximate surface area is 187 Å². The van der Waals surface area contributed by atoms with Crippen molar-refractivity contribution in [3.05, 3.63) is 71.3 Å². The summed E-state index contributed by atoms with van der Waals surface area (Å²) >= 11 is 0. The number of aromatic carboxylic acids is 1. The van der Waals surface area contributed by atoms with Gasteiger partial charge in [-0.3, -0.25) is 14.9 Å². The number of hydrogen-bond donors (Lipinski definition) is 5. The topological polar surface area (TPSA) is 195 Å². The molecule has 0 saturated carbocycles. The number of amides is 1. The normalized spacial score (nSPS) is 11.8. The van der Waals surface area contributed by atoms with E-state index >= 15 is 0 Å². The number of nitrogens with one attached hydrogen (secondary N) is 2. The molecule has 0 spiro atoms. The number of carbonyl (C=O) groups excluding carboxylic acids is 2. The van der Waals surface area contributed by atoms with E-state index in [0.717, 1.165) is 0 Å². The average Bonchev–Trinajstić information content (AvgIpc) is 2.80. The van der Waals surface area contributed by atoms with Crippen LogP contribution in [0.5, 0.6) is 0 Å². The van der Waals surface area contributed by atoms with Crippen molar-refractivity contribution in [3.63, 3.8) is 0 Å². The minimum absolute atomic E-state index is 0.0583. The van der Waals surface area contributed by atoms with Crippen LogP contribution in [0.3, 0.4) is 0 Å². The molecule has 2 rings (SSSR count). The molecule has 0 fully saturated rings. The smallest absolute Gasteiger partial charge is 0.408 e. The first kappa shape index (κ1) is 24.8. The molecule has 33 heavy (non-hydrogen) atoms. The number of aliphatic carboxylic acids is 1. The molecule has 0 aromatic heterocycles. The zero-order valence-corrected chi connectivity index (χ0v) is 17.3. The van der Waals surface area contributed by atoms with E-state index in [0.29, 0.717) is 5.56 Å². The number of carbonyl (C=O) groups is 4. The summed E-state index contributed by atoms with van der Waals surface area (Å²) in [5.41, 5.74) is 7.68. The molecular formula is C21H22N5O7+. The fraction of sp³-hybridized carbons (Fsp3) is 0.190. The van der Waals surface area contributed by atoms with Gasteiger partial charge in [0.05, 0.1) is 17.5 Å². The Morgan fingerprint density at radius 3 is 2.24 bits per heavy atom. The number of carboxylic acid groups (broad SMARTS) is 2. The first-order valence-electron chi connectivity index (χ1n) is 9.63. The van der Waals surface area contributed by atoms with Crippen molar-refractivity contribution in [1.82, 2.24) is 5.32 Å². The maximum Gasteiger partial charge on any atom is 0.408 e. The molecule has 1 amide bonds. The Balaban J connectivity index is 2.06. The highest BCUT2D eigenvalue weighted by Gasteiger charge is 2.27. The first-order valence-corrected chi connectivity index (χ1v) is 9.63. The maximum atomic E-state index is 12.6. The van der Waals surface area contributed by atoms with Gasteiger partial charge in [0.25, 0.3) is 5.84 Å². The van der Waals surface area contributed by atoms with Crippen molar-refractivity contribution < 1.29 is 39.4 Å². The molecule has 0 aliphatic heterocycles. The van der Waals surface area contributed by atoms with Crippen LogP contribution in [0.2, 0.25) is 0 Å². The summed E-state index contributed by atoms with van der Waals surface area (Å²) in [5.74, 6) is -3.30. The van der Waals surface area contributed by atoms with Crippen LogP contribution in [-0.4, -0.2) is 52.5 Å². The minimum atomic E-state index is -1.40. The van der Waals surface area contributed by atoms with E-state index < -0.39 is 42.8 Å². The van der Waals surface area contributed by atoms with Gasteiger partial charge in [0.2, 0.25) is 5.78 Å². The number of ether oxygens (including phenoxy) is 1. The van der Waals surface area contributed by atoms with Crippen LogP contribution in [-0.2, 0) is 20.9 Å². The van der Waals surface area contributed by atoms with Crippen LogP contribution < -0.4 is 10.6 Å². The number of amidine groups is 1. The number of Topliss-reactive ketones (excluding diaryl/α,β-unsaturated/α-hetero) is 1. The first-order chi connectivity index (χ1) is 15.8. The highest BCUT2D eigenvalue weighted by atomic mass is 16.5. The van der Waals surface area contributed by atoms with Crippen molar-refractivity contribution in [2.75, 3.05) is 6.54 Å². The third-order valence-electron chi connectivity index (χ3n) is 4.36. The Morgan fingerprint density at radius 2 is 1.64 bits per heavy atom. The molecule has 12 heteroatoms. The molecule has 0 bridgehead atoms. The predicted octanol–water partition coefficient (Wildman–Crippen LogP) is 0.980. The second kappa shape index (κ2) is 12.4. The molecule has 12 nitrogen and oxygen atoms in total. The predicted molar refractivity (Wildman–Crippen MR) is 113 cm³/mol. The van der Waals surface area contributed by atoms with Gasteiger partial charge in [-0.2, -0.15) is 5.53 Å². The molecule has 6 N–H and O–H groups in total. The van der Waals surface area contributed by atoms with Gasteiger partial charge in [0.1, 0.15) is 19.2 Å². The standard InChI is InChI=1S/C21H21N5O7/c22-26-25-19(14-8-4-5-9-15(14)20(30)31)23-11-17(27)16(10-18(28)29)24-21(32)33-12-13-6-2-1-3-7-13/h1-9,16H,10-12H2,(H,24,32)(H,28,29)(H,30,31)(H2,22,23,25)/p+1. The number of ketones is 1. The van der Waals surface area contributed by atoms with Crippen LogP contribution in [0.15, 0.2) is 64.9 Å². The molecule has 172 valence electrons.